The van der Waals surface area contributed by atoms with E-state index >= 15 is 0 Å². The van der Waals surface area contributed by atoms with E-state index in [1.165, 1.54) is 11.1 Å². The van der Waals surface area contributed by atoms with Crippen molar-refractivity contribution in [1.29, 1.82) is 0 Å². The van der Waals surface area contributed by atoms with Gasteiger partial charge < -0.3 is 9.72 Å². The highest BCUT2D eigenvalue weighted by Gasteiger charge is 2.35. The molecular formula is C35H39N7O2. The quantitative estimate of drug-likeness (QED) is 0.278. The second-order valence-corrected chi connectivity index (χ2v) is 12.1. The lowest BCUT2D eigenvalue weighted by molar-refractivity contribution is 0.0778. The van der Waals surface area contributed by atoms with E-state index in [9.17, 15) is 4.79 Å². The number of hydrogen-bond donors (Lipinski definition) is 1. The molecular weight excluding hydrogens is 550 g/mol. The fourth-order valence-electron chi connectivity index (χ4n) is 6.90. The number of hydrogen-bond acceptors (Lipinski definition) is 7. The number of aryl methyl sites for hydroxylation is 2. The Morgan fingerprint density at radius 3 is 2.18 bits per heavy atom. The van der Waals surface area contributed by atoms with Crippen LogP contribution in [0.4, 0.5) is 0 Å². The molecule has 5 aromatic rings. The van der Waals surface area contributed by atoms with Crippen molar-refractivity contribution < 1.29 is 4.74 Å². The van der Waals surface area contributed by atoms with Gasteiger partial charge in [0.15, 0.2) is 5.82 Å². The van der Waals surface area contributed by atoms with Crippen LogP contribution in [0.25, 0.3) is 10.9 Å². The molecule has 2 atom stereocenters. The SMILES string of the molecule is Cc1ccc2cc([C@@H](c3nnnn3C[C@H]3CCCO3)N3CCN(C(c4ccccc4)c4ccccc4)CC3)c(=O)[nH]c2c1C. The third-order valence-electron chi connectivity index (χ3n) is 9.39. The zero-order valence-corrected chi connectivity index (χ0v) is 25.4. The van der Waals surface area contributed by atoms with Crippen LogP contribution in [0, 0.1) is 13.8 Å². The molecule has 1 N–H and O–H groups in total. The van der Waals surface area contributed by atoms with Crippen molar-refractivity contribution in [2.75, 3.05) is 32.8 Å². The average molecular weight is 590 g/mol. The van der Waals surface area contributed by atoms with Gasteiger partial charge in [0.05, 0.1) is 24.2 Å². The van der Waals surface area contributed by atoms with Crippen LogP contribution in [-0.4, -0.2) is 73.9 Å². The Labute approximate surface area is 257 Å². The van der Waals surface area contributed by atoms with Crippen LogP contribution in [0.2, 0.25) is 0 Å². The zero-order chi connectivity index (χ0) is 30.0. The zero-order valence-electron chi connectivity index (χ0n) is 25.4. The van der Waals surface area contributed by atoms with Crippen LogP contribution in [0.1, 0.15) is 58.6 Å². The van der Waals surface area contributed by atoms with Crippen molar-refractivity contribution in [3.05, 3.63) is 123 Å². The van der Waals surface area contributed by atoms with Crippen molar-refractivity contribution in [3.63, 3.8) is 0 Å². The largest absolute Gasteiger partial charge is 0.376 e. The lowest BCUT2D eigenvalue weighted by Gasteiger charge is -2.42. The number of aromatic nitrogens is 5. The van der Waals surface area contributed by atoms with Gasteiger partial charge in [-0.1, -0.05) is 72.8 Å². The van der Waals surface area contributed by atoms with E-state index in [0.29, 0.717) is 17.9 Å². The molecule has 3 aromatic carbocycles. The summed E-state index contributed by atoms with van der Waals surface area (Å²) in [6.07, 6.45) is 2.10. The van der Waals surface area contributed by atoms with Crippen LogP contribution in [0.15, 0.2) is 83.7 Å². The van der Waals surface area contributed by atoms with E-state index in [2.05, 4.69) is 117 Å². The van der Waals surface area contributed by atoms with Gasteiger partial charge in [-0.2, -0.15) is 0 Å². The number of benzene rings is 3. The van der Waals surface area contributed by atoms with Gasteiger partial charge in [0.25, 0.3) is 5.56 Å². The maximum atomic E-state index is 13.9. The highest BCUT2D eigenvalue weighted by molar-refractivity contribution is 5.83. The normalized spacial score (nSPS) is 18.8. The molecule has 9 nitrogen and oxygen atoms in total. The molecule has 2 aromatic heterocycles. The summed E-state index contributed by atoms with van der Waals surface area (Å²) in [5, 5.41) is 14.1. The summed E-state index contributed by atoms with van der Waals surface area (Å²) in [6.45, 7) is 8.66. The van der Waals surface area contributed by atoms with Gasteiger partial charge in [-0.15, -0.1) is 5.10 Å². The topological polar surface area (TPSA) is 92.2 Å². The molecule has 0 bridgehead atoms. The number of H-pyrrole nitrogens is 1. The number of pyridine rings is 1. The Balaban J connectivity index is 1.24. The molecule has 2 aliphatic heterocycles. The van der Waals surface area contributed by atoms with Crippen molar-refractivity contribution >= 4 is 10.9 Å². The fourth-order valence-corrected chi connectivity index (χ4v) is 6.90. The minimum absolute atomic E-state index is 0.0766. The van der Waals surface area contributed by atoms with E-state index in [-0.39, 0.29) is 17.7 Å². The van der Waals surface area contributed by atoms with Gasteiger partial charge in [0.1, 0.15) is 6.04 Å². The van der Waals surface area contributed by atoms with E-state index in [0.717, 1.165) is 67.7 Å². The summed E-state index contributed by atoms with van der Waals surface area (Å²) >= 11 is 0. The van der Waals surface area contributed by atoms with Crippen LogP contribution in [-0.2, 0) is 11.3 Å². The predicted octanol–water partition coefficient (Wildman–Crippen LogP) is 4.81. The van der Waals surface area contributed by atoms with E-state index in [1.807, 2.05) is 10.7 Å². The van der Waals surface area contributed by atoms with Crippen LogP contribution in [0.3, 0.4) is 0 Å². The first-order valence-corrected chi connectivity index (χ1v) is 15.7. The predicted molar refractivity (Wildman–Crippen MR) is 171 cm³/mol. The maximum Gasteiger partial charge on any atom is 0.253 e. The number of rotatable bonds is 8. The number of fused-ring (bicyclic) bond motifs is 1. The first-order chi connectivity index (χ1) is 21.6. The van der Waals surface area contributed by atoms with Crippen molar-refractivity contribution in [2.45, 2.75) is 51.4 Å². The van der Waals surface area contributed by atoms with Gasteiger partial charge in [0.2, 0.25) is 0 Å². The Morgan fingerprint density at radius 1 is 0.886 bits per heavy atom. The number of aromatic amines is 1. The van der Waals surface area contributed by atoms with Crippen LogP contribution < -0.4 is 5.56 Å². The van der Waals surface area contributed by atoms with Crippen molar-refractivity contribution in [2.24, 2.45) is 0 Å². The summed E-state index contributed by atoms with van der Waals surface area (Å²) in [5.41, 5.74) is 6.25. The molecule has 2 saturated heterocycles. The number of nitrogens with zero attached hydrogens (tertiary/aromatic N) is 6. The first-order valence-electron chi connectivity index (χ1n) is 15.7. The second-order valence-electron chi connectivity index (χ2n) is 12.1. The van der Waals surface area contributed by atoms with Gasteiger partial charge in [-0.3, -0.25) is 14.6 Å². The van der Waals surface area contributed by atoms with Gasteiger partial charge in [-0.05, 0) is 70.8 Å². The number of piperazine rings is 1. The first kappa shape index (κ1) is 28.6. The molecule has 0 amide bonds. The van der Waals surface area contributed by atoms with Crippen LogP contribution in [0.5, 0.6) is 0 Å². The van der Waals surface area contributed by atoms with Gasteiger partial charge in [0, 0.05) is 38.3 Å². The third-order valence-corrected chi connectivity index (χ3v) is 9.39. The van der Waals surface area contributed by atoms with Crippen LogP contribution >= 0.6 is 0 Å². The molecule has 0 aliphatic carbocycles. The molecule has 2 fully saturated rings. The Morgan fingerprint density at radius 2 is 1.55 bits per heavy atom. The molecule has 9 heteroatoms. The summed E-state index contributed by atoms with van der Waals surface area (Å²) in [6, 6.07) is 27.4. The van der Waals surface area contributed by atoms with E-state index in [1.54, 1.807) is 0 Å². The highest BCUT2D eigenvalue weighted by atomic mass is 16.5. The molecule has 226 valence electrons. The van der Waals surface area contributed by atoms with Crippen molar-refractivity contribution in [1.82, 2.24) is 35.0 Å². The summed E-state index contributed by atoms with van der Waals surface area (Å²) in [5.74, 6) is 0.685. The molecule has 0 spiro atoms. The molecule has 0 radical (unpaired) electrons. The highest BCUT2D eigenvalue weighted by Crippen LogP contribution is 2.33. The Bertz CT molecular complexity index is 1730. The number of ether oxygens (including phenoxy) is 1. The molecule has 2 aliphatic rings. The average Bonchev–Trinajstić information content (AvgIpc) is 3.75. The van der Waals surface area contributed by atoms with E-state index < -0.39 is 6.04 Å². The standard InChI is InChI=1S/C35H39N7O2/c1-24-15-16-28-22-30(35(43)36-31(28)25(24)2)33(34-37-38-39-42(34)23-29-14-9-21-44-29)41-19-17-40(18-20-41)32(26-10-5-3-6-11-26)27-12-7-4-8-13-27/h3-8,10-13,15-16,22,29,32-33H,9,14,17-21,23H2,1-2H3,(H,36,43)/t29-,33+/m1/s1. The number of nitrogens with one attached hydrogen (secondary N) is 1. The molecule has 0 saturated carbocycles. The minimum Gasteiger partial charge on any atom is -0.376 e. The summed E-state index contributed by atoms with van der Waals surface area (Å²) < 4.78 is 7.79. The van der Waals surface area contributed by atoms with Gasteiger partial charge >= 0.3 is 0 Å². The second kappa shape index (κ2) is 12.4. The molecule has 4 heterocycles. The van der Waals surface area contributed by atoms with Gasteiger partial charge in [-0.25, -0.2) is 4.68 Å². The third kappa shape index (κ3) is 5.58. The Kier molecular flexibility index (Phi) is 8.08. The maximum absolute atomic E-state index is 13.9. The summed E-state index contributed by atoms with van der Waals surface area (Å²) in [4.78, 5) is 22.0. The molecule has 0 unspecified atom stereocenters. The van der Waals surface area contributed by atoms with Crippen molar-refractivity contribution in [3.8, 4) is 0 Å². The molecule has 7 rings (SSSR count). The number of tetrazole rings is 1. The smallest absolute Gasteiger partial charge is 0.253 e. The Hall–Kier alpha value is -4.18. The lowest BCUT2D eigenvalue weighted by atomic mass is 9.95. The van der Waals surface area contributed by atoms with E-state index in [4.69, 9.17) is 4.74 Å². The lowest BCUT2D eigenvalue weighted by Crippen LogP contribution is -2.50. The monoisotopic (exact) mass is 589 g/mol. The summed E-state index contributed by atoms with van der Waals surface area (Å²) in [7, 11) is 0. The fraction of sp³-hybridized carbons (Fsp3) is 0.371. The molecule has 44 heavy (non-hydrogen) atoms. The minimum atomic E-state index is -0.393.